The van der Waals surface area contributed by atoms with E-state index in [9.17, 15) is 0 Å². The van der Waals surface area contributed by atoms with E-state index in [1.165, 1.54) is 13.1 Å². The van der Waals surface area contributed by atoms with Crippen molar-refractivity contribution in [2.45, 2.75) is 0 Å². The highest BCUT2D eigenvalue weighted by molar-refractivity contribution is 5.81. The topological polar surface area (TPSA) is 39.7 Å². The molecular formula is C8H16N4. The molecule has 0 aromatic carbocycles. The Labute approximate surface area is 73.0 Å². The van der Waals surface area contributed by atoms with Gasteiger partial charge in [0, 0.05) is 32.1 Å². The minimum absolute atomic E-state index is 0.820. The molecule has 0 amide bonds. The summed E-state index contributed by atoms with van der Waals surface area (Å²) in [6.07, 6.45) is 0. The number of likely N-dealkylation sites (tertiary alicyclic amines) is 1. The molecule has 0 aromatic heterocycles. The lowest BCUT2D eigenvalue weighted by atomic mass is 10.0. The highest BCUT2D eigenvalue weighted by atomic mass is 15.2. The molecule has 4 nitrogen and oxygen atoms in total. The van der Waals surface area contributed by atoms with E-state index in [1.54, 1.807) is 0 Å². The Balaban J connectivity index is 1.62. The smallest absolute Gasteiger partial charge is 0.191 e. The van der Waals surface area contributed by atoms with E-state index < -0.39 is 0 Å². The number of hydrogen-bond donors (Lipinski definition) is 2. The molecule has 0 spiro atoms. The second kappa shape index (κ2) is 3.31. The lowest BCUT2D eigenvalue weighted by Gasteiger charge is -2.36. The Morgan fingerprint density at radius 2 is 2.50 bits per heavy atom. The van der Waals surface area contributed by atoms with Crippen molar-refractivity contribution in [1.29, 1.82) is 0 Å². The van der Waals surface area contributed by atoms with Crippen LogP contribution in [0, 0.1) is 5.92 Å². The Kier molecular flexibility index (Phi) is 2.17. The van der Waals surface area contributed by atoms with E-state index in [-0.39, 0.29) is 0 Å². The zero-order chi connectivity index (χ0) is 8.39. The van der Waals surface area contributed by atoms with Crippen molar-refractivity contribution in [3.8, 4) is 0 Å². The summed E-state index contributed by atoms with van der Waals surface area (Å²) < 4.78 is 0. The second-order valence-corrected chi connectivity index (χ2v) is 3.63. The predicted octanol–water partition coefficient (Wildman–Crippen LogP) is -0.903. The van der Waals surface area contributed by atoms with Gasteiger partial charge in [-0.2, -0.15) is 0 Å². The molecule has 0 radical (unpaired) electrons. The Morgan fingerprint density at radius 1 is 1.67 bits per heavy atom. The number of nitrogens with one attached hydrogen (secondary N) is 2. The molecule has 1 saturated heterocycles. The third-order valence-corrected chi connectivity index (χ3v) is 2.37. The van der Waals surface area contributed by atoms with Crippen LogP contribution in [0.2, 0.25) is 0 Å². The normalized spacial score (nSPS) is 24.6. The van der Waals surface area contributed by atoms with Gasteiger partial charge in [-0.1, -0.05) is 0 Å². The SMILES string of the molecule is CN1CC(CNC2=NCCN2)C1. The first-order chi connectivity index (χ1) is 5.84. The molecule has 1 fully saturated rings. The summed E-state index contributed by atoms with van der Waals surface area (Å²) in [7, 11) is 2.15. The molecule has 2 aliphatic rings. The van der Waals surface area contributed by atoms with Crippen LogP contribution in [-0.4, -0.2) is 50.6 Å². The van der Waals surface area contributed by atoms with E-state index in [1.807, 2.05) is 0 Å². The highest BCUT2D eigenvalue weighted by Gasteiger charge is 2.22. The van der Waals surface area contributed by atoms with Crippen LogP contribution in [0.1, 0.15) is 0 Å². The quantitative estimate of drug-likeness (QED) is 0.561. The summed E-state index contributed by atoms with van der Waals surface area (Å²) in [6, 6.07) is 0. The first-order valence-electron chi connectivity index (χ1n) is 4.55. The molecule has 2 heterocycles. The minimum Gasteiger partial charge on any atom is -0.356 e. The van der Waals surface area contributed by atoms with Crippen molar-refractivity contribution < 1.29 is 0 Å². The van der Waals surface area contributed by atoms with E-state index in [4.69, 9.17) is 0 Å². The van der Waals surface area contributed by atoms with Crippen molar-refractivity contribution in [1.82, 2.24) is 15.5 Å². The lowest BCUT2D eigenvalue weighted by molar-refractivity contribution is 0.137. The average molecular weight is 168 g/mol. The summed E-state index contributed by atoms with van der Waals surface area (Å²) in [4.78, 5) is 6.60. The summed E-state index contributed by atoms with van der Waals surface area (Å²) >= 11 is 0. The van der Waals surface area contributed by atoms with Crippen LogP contribution in [0.5, 0.6) is 0 Å². The van der Waals surface area contributed by atoms with Crippen LogP contribution >= 0.6 is 0 Å². The third-order valence-electron chi connectivity index (χ3n) is 2.37. The van der Waals surface area contributed by atoms with Crippen LogP contribution in [0.25, 0.3) is 0 Å². The van der Waals surface area contributed by atoms with Crippen molar-refractivity contribution in [2.24, 2.45) is 10.9 Å². The summed E-state index contributed by atoms with van der Waals surface area (Å²) in [5, 5.41) is 6.51. The lowest BCUT2D eigenvalue weighted by Crippen LogP contribution is -2.50. The fraction of sp³-hybridized carbons (Fsp3) is 0.875. The third kappa shape index (κ3) is 1.69. The fourth-order valence-electron chi connectivity index (χ4n) is 1.71. The van der Waals surface area contributed by atoms with Crippen molar-refractivity contribution in [3.05, 3.63) is 0 Å². The number of aliphatic imine (C=N–C) groups is 1. The van der Waals surface area contributed by atoms with E-state index in [0.29, 0.717) is 0 Å². The maximum Gasteiger partial charge on any atom is 0.191 e. The molecule has 2 aliphatic heterocycles. The van der Waals surface area contributed by atoms with Crippen LogP contribution in [-0.2, 0) is 0 Å². The average Bonchev–Trinajstić information content (AvgIpc) is 2.47. The molecular weight excluding hydrogens is 152 g/mol. The van der Waals surface area contributed by atoms with Gasteiger partial charge in [-0.3, -0.25) is 4.99 Å². The molecule has 2 rings (SSSR count). The molecule has 0 bridgehead atoms. The zero-order valence-corrected chi connectivity index (χ0v) is 7.51. The highest BCUT2D eigenvalue weighted by Crippen LogP contribution is 2.10. The van der Waals surface area contributed by atoms with Crippen molar-refractivity contribution in [2.75, 3.05) is 39.8 Å². The number of guanidine groups is 1. The number of rotatable bonds is 2. The van der Waals surface area contributed by atoms with Crippen molar-refractivity contribution in [3.63, 3.8) is 0 Å². The molecule has 0 saturated carbocycles. The minimum atomic E-state index is 0.820. The maximum atomic E-state index is 4.27. The summed E-state index contributed by atoms with van der Waals surface area (Å²) in [6.45, 7) is 5.43. The Bertz CT molecular complexity index is 183. The monoisotopic (exact) mass is 168 g/mol. The number of hydrogen-bond acceptors (Lipinski definition) is 4. The molecule has 12 heavy (non-hydrogen) atoms. The molecule has 0 aliphatic carbocycles. The van der Waals surface area contributed by atoms with Crippen LogP contribution in [0.3, 0.4) is 0 Å². The van der Waals surface area contributed by atoms with Crippen molar-refractivity contribution >= 4 is 5.96 Å². The zero-order valence-electron chi connectivity index (χ0n) is 7.51. The predicted molar refractivity (Wildman–Crippen MR) is 49.3 cm³/mol. The molecule has 0 aromatic rings. The standard InChI is InChI=1S/C8H16N4/c1-12-5-7(6-12)4-11-8-9-2-3-10-8/h7H,2-6H2,1H3,(H2,9,10,11). The van der Waals surface area contributed by atoms with Gasteiger partial charge in [-0.25, -0.2) is 0 Å². The van der Waals surface area contributed by atoms with Crippen LogP contribution in [0.4, 0.5) is 0 Å². The van der Waals surface area contributed by atoms with Gasteiger partial charge in [-0.05, 0) is 7.05 Å². The van der Waals surface area contributed by atoms with Gasteiger partial charge < -0.3 is 15.5 Å². The number of nitrogens with zero attached hydrogens (tertiary/aromatic N) is 2. The Morgan fingerprint density at radius 3 is 3.08 bits per heavy atom. The van der Waals surface area contributed by atoms with E-state index in [2.05, 4.69) is 27.6 Å². The van der Waals surface area contributed by atoms with Gasteiger partial charge in [0.05, 0.1) is 6.54 Å². The van der Waals surface area contributed by atoms with Gasteiger partial charge >= 0.3 is 0 Å². The molecule has 4 heteroatoms. The van der Waals surface area contributed by atoms with Gasteiger partial charge in [0.25, 0.3) is 0 Å². The van der Waals surface area contributed by atoms with E-state index in [0.717, 1.165) is 31.5 Å². The molecule has 68 valence electrons. The summed E-state index contributed by atoms with van der Waals surface area (Å²) in [5.74, 6) is 1.81. The van der Waals surface area contributed by atoms with Gasteiger partial charge in [-0.15, -0.1) is 0 Å². The Hall–Kier alpha value is -0.770. The first kappa shape index (κ1) is 7.86. The maximum absolute atomic E-state index is 4.27. The summed E-state index contributed by atoms with van der Waals surface area (Å²) in [5.41, 5.74) is 0. The fourth-order valence-corrected chi connectivity index (χ4v) is 1.71. The van der Waals surface area contributed by atoms with E-state index >= 15 is 0 Å². The van der Waals surface area contributed by atoms with Gasteiger partial charge in [0.2, 0.25) is 0 Å². The molecule has 2 N–H and O–H groups in total. The first-order valence-corrected chi connectivity index (χ1v) is 4.55. The second-order valence-electron chi connectivity index (χ2n) is 3.63. The van der Waals surface area contributed by atoms with Gasteiger partial charge in [0.1, 0.15) is 0 Å². The largest absolute Gasteiger partial charge is 0.356 e. The molecule has 0 unspecified atom stereocenters. The van der Waals surface area contributed by atoms with Gasteiger partial charge in [0.15, 0.2) is 5.96 Å². The van der Waals surface area contributed by atoms with Crippen LogP contribution in [0.15, 0.2) is 4.99 Å². The van der Waals surface area contributed by atoms with Crippen LogP contribution < -0.4 is 10.6 Å². The molecule has 0 atom stereocenters.